The van der Waals surface area contributed by atoms with Crippen molar-refractivity contribution in [3.63, 3.8) is 0 Å². The lowest BCUT2D eigenvalue weighted by Gasteiger charge is -2.16. The first-order chi connectivity index (χ1) is 9.60. The Hall–Kier alpha value is -2.47. The molecule has 0 aliphatic heterocycles. The summed E-state index contributed by atoms with van der Waals surface area (Å²) in [6, 6.07) is 18.1. The molecule has 0 spiro atoms. The van der Waals surface area contributed by atoms with E-state index >= 15 is 0 Å². The lowest BCUT2D eigenvalue weighted by Crippen LogP contribution is -2.11. The summed E-state index contributed by atoms with van der Waals surface area (Å²) in [5, 5.41) is 12.6. The molecule has 1 atom stereocenters. The number of nitrogens with zero attached hydrogens (tertiary/aromatic N) is 2. The van der Waals surface area contributed by atoms with Gasteiger partial charge in [0.25, 0.3) is 0 Å². The van der Waals surface area contributed by atoms with Gasteiger partial charge in [-0.2, -0.15) is 5.26 Å². The van der Waals surface area contributed by atoms with E-state index in [1.807, 2.05) is 74.4 Å². The van der Waals surface area contributed by atoms with E-state index in [1.165, 1.54) is 5.56 Å². The normalized spacial score (nSPS) is 11.5. The van der Waals surface area contributed by atoms with Gasteiger partial charge in [-0.25, -0.2) is 0 Å². The maximum Gasteiger partial charge on any atom is 0.140 e. The van der Waals surface area contributed by atoms with Gasteiger partial charge in [0.1, 0.15) is 6.04 Å². The SMILES string of the molecule is Cc1cccc(NC(C#N)c2ccc(N(C)C)cc2)c1. The van der Waals surface area contributed by atoms with Gasteiger partial charge in [-0.3, -0.25) is 0 Å². The Balaban J connectivity index is 2.18. The molecule has 0 saturated carbocycles. The van der Waals surface area contributed by atoms with Gasteiger partial charge in [-0.15, -0.1) is 0 Å². The predicted octanol–water partition coefficient (Wildman–Crippen LogP) is 3.74. The molecule has 0 aromatic heterocycles. The second kappa shape index (κ2) is 6.12. The minimum Gasteiger partial charge on any atom is -0.378 e. The Kier molecular flexibility index (Phi) is 4.27. The first-order valence-electron chi connectivity index (χ1n) is 6.60. The molecule has 0 aliphatic rings. The summed E-state index contributed by atoms with van der Waals surface area (Å²) in [7, 11) is 4.00. The molecule has 2 rings (SSSR count). The van der Waals surface area contributed by atoms with E-state index in [0.29, 0.717) is 0 Å². The van der Waals surface area contributed by atoms with Crippen LogP contribution in [0, 0.1) is 18.3 Å². The monoisotopic (exact) mass is 265 g/mol. The molecule has 0 saturated heterocycles. The summed E-state index contributed by atoms with van der Waals surface area (Å²) < 4.78 is 0. The lowest BCUT2D eigenvalue weighted by molar-refractivity contribution is 0.994. The molecule has 0 radical (unpaired) electrons. The second-order valence-corrected chi connectivity index (χ2v) is 5.06. The molecule has 0 bridgehead atoms. The number of hydrogen-bond acceptors (Lipinski definition) is 3. The van der Waals surface area contributed by atoms with Crippen LogP contribution < -0.4 is 10.2 Å². The number of hydrogen-bond donors (Lipinski definition) is 1. The highest BCUT2D eigenvalue weighted by molar-refractivity contribution is 5.52. The number of rotatable bonds is 4. The summed E-state index contributed by atoms with van der Waals surface area (Å²) in [4.78, 5) is 2.04. The number of anilines is 2. The lowest BCUT2D eigenvalue weighted by atomic mass is 10.1. The van der Waals surface area contributed by atoms with E-state index in [0.717, 1.165) is 16.9 Å². The van der Waals surface area contributed by atoms with Gasteiger partial charge in [0.05, 0.1) is 6.07 Å². The summed E-state index contributed by atoms with van der Waals surface area (Å²) in [6.07, 6.45) is 0. The maximum atomic E-state index is 9.37. The van der Waals surface area contributed by atoms with Crippen LogP contribution in [0.5, 0.6) is 0 Å². The van der Waals surface area contributed by atoms with Crippen LogP contribution in [0.15, 0.2) is 48.5 Å². The van der Waals surface area contributed by atoms with Crippen LogP contribution in [0.1, 0.15) is 17.2 Å². The highest BCUT2D eigenvalue weighted by atomic mass is 15.1. The highest BCUT2D eigenvalue weighted by Gasteiger charge is 2.10. The van der Waals surface area contributed by atoms with Gasteiger partial charge in [-0.05, 0) is 42.3 Å². The van der Waals surface area contributed by atoms with E-state index in [4.69, 9.17) is 0 Å². The number of aryl methyl sites for hydroxylation is 1. The van der Waals surface area contributed by atoms with Crippen molar-refractivity contribution in [2.45, 2.75) is 13.0 Å². The molecule has 3 heteroatoms. The zero-order valence-corrected chi connectivity index (χ0v) is 12.1. The Morgan fingerprint density at radius 3 is 2.35 bits per heavy atom. The Morgan fingerprint density at radius 2 is 1.80 bits per heavy atom. The molecular weight excluding hydrogens is 246 g/mol. The standard InChI is InChI=1S/C17H19N3/c1-13-5-4-6-15(11-13)19-17(12-18)14-7-9-16(10-8-14)20(2)3/h4-11,17,19H,1-3H3. The van der Waals surface area contributed by atoms with Crippen molar-refractivity contribution in [2.75, 3.05) is 24.3 Å². The van der Waals surface area contributed by atoms with Gasteiger partial charge in [-0.1, -0.05) is 24.3 Å². The third-order valence-electron chi connectivity index (χ3n) is 3.20. The number of nitriles is 1. The zero-order valence-electron chi connectivity index (χ0n) is 12.1. The molecule has 0 aliphatic carbocycles. The van der Waals surface area contributed by atoms with Crippen molar-refractivity contribution in [2.24, 2.45) is 0 Å². The van der Waals surface area contributed by atoms with Crippen molar-refractivity contribution in [3.8, 4) is 6.07 Å². The van der Waals surface area contributed by atoms with E-state index in [-0.39, 0.29) is 6.04 Å². The number of nitrogens with one attached hydrogen (secondary N) is 1. The largest absolute Gasteiger partial charge is 0.378 e. The molecule has 1 N–H and O–H groups in total. The molecule has 0 fully saturated rings. The Bertz CT molecular complexity index is 609. The first-order valence-corrected chi connectivity index (χ1v) is 6.60. The average molecular weight is 265 g/mol. The minimum absolute atomic E-state index is 0.340. The third-order valence-corrected chi connectivity index (χ3v) is 3.20. The molecule has 2 aromatic rings. The van der Waals surface area contributed by atoms with Crippen molar-refractivity contribution in [1.29, 1.82) is 5.26 Å². The molecule has 0 amide bonds. The van der Waals surface area contributed by atoms with Crippen molar-refractivity contribution < 1.29 is 0 Å². The fourth-order valence-electron chi connectivity index (χ4n) is 2.06. The van der Waals surface area contributed by atoms with Crippen LogP contribution in [-0.2, 0) is 0 Å². The van der Waals surface area contributed by atoms with Crippen LogP contribution in [0.4, 0.5) is 11.4 Å². The van der Waals surface area contributed by atoms with E-state index in [1.54, 1.807) is 0 Å². The third kappa shape index (κ3) is 3.30. The first kappa shape index (κ1) is 14.0. The van der Waals surface area contributed by atoms with Gasteiger partial charge < -0.3 is 10.2 Å². The van der Waals surface area contributed by atoms with E-state index in [2.05, 4.69) is 11.4 Å². The number of benzene rings is 2. The molecule has 1 unspecified atom stereocenters. The van der Waals surface area contributed by atoms with Crippen LogP contribution in [0.3, 0.4) is 0 Å². The summed E-state index contributed by atoms with van der Waals surface area (Å²) >= 11 is 0. The van der Waals surface area contributed by atoms with Crippen LogP contribution in [0.2, 0.25) is 0 Å². The summed E-state index contributed by atoms with van der Waals surface area (Å²) in [6.45, 7) is 2.04. The predicted molar refractivity (Wildman–Crippen MR) is 83.9 cm³/mol. The summed E-state index contributed by atoms with van der Waals surface area (Å²) in [5.74, 6) is 0. The quantitative estimate of drug-likeness (QED) is 0.915. The molecular formula is C17H19N3. The molecule has 102 valence electrons. The van der Waals surface area contributed by atoms with Crippen LogP contribution >= 0.6 is 0 Å². The maximum absolute atomic E-state index is 9.37. The molecule has 20 heavy (non-hydrogen) atoms. The van der Waals surface area contributed by atoms with Crippen molar-refractivity contribution >= 4 is 11.4 Å². The van der Waals surface area contributed by atoms with Crippen LogP contribution in [0.25, 0.3) is 0 Å². The highest BCUT2D eigenvalue weighted by Crippen LogP contribution is 2.22. The topological polar surface area (TPSA) is 39.1 Å². The van der Waals surface area contributed by atoms with Crippen molar-refractivity contribution in [1.82, 2.24) is 0 Å². The second-order valence-electron chi connectivity index (χ2n) is 5.06. The van der Waals surface area contributed by atoms with Gasteiger partial charge in [0.15, 0.2) is 0 Å². The van der Waals surface area contributed by atoms with Gasteiger partial charge in [0, 0.05) is 25.5 Å². The van der Waals surface area contributed by atoms with E-state index < -0.39 is 0 Å². The minimum atomic E-state index is -0.340. The van der Waals surface area contributed by atoms with Crippen molar-refractivity contribution in [3.05, 3.63) is 59.7 Å². The molecule has 2 aromatic carbocycles. The van der Waals surface area contributed by atoms with E-state index in [9.17, 15) is 5.26 Å². The Labute approximate surface area is 120 Å². The van der Waals surface area contributed by atoms with Crippen LogP contribution in [-0.4, -0.2) is 14.1 Å². The van der Waals surface area contributed by atoms with Gasteiger partial charge in [0.2, 0.25) is 0 Å². The molecule has 0 heterocycles. The molecule has 3 nitrogen and oxygen atoms in total. The zero-order chi connectivity index (χ0) is 14.5. The Morgan fingerprint density at radius 1 is 1.10 bits per heavy atom. The fraction of sp³-hybridized carbons (Fsp3) is 0.235. The fourth-order valence-corrected chi connectivity index (χ4v) is 2.06. The smallest absolute Gasteiger partial charge is 0.140 e. The van der Waals surface area contributed by atoms with Gasteiger partial charge >= 0.3 is 0 Å². The average Bonchev–Trinajstić information content (AvgIpc) is 2.45. The summed E-state index contributed by atoms with van der Waals surface area (Å²) in [5.41, 5.74) is 4.24.